The fourth-order valence-corrected chi connectivity index (χ4v) is 4.74. The first-order chi connectivity index (χ1) is 11.0. The highest BCUT2D eigenvalue weighted by Gasteiger charge is 2.38. The van der Waals surface area contributed by atoms with Gasteiger partial charge in [-0.05, 0) is 6.42 Å². The summed E-state index contributed by atoms with van der Waals surface area (Å²) in [4.78, 5) is 6.31. The van der Waals surface area contributed by atoms with Crippen LogP contribution in [0.3, 0.4) is 0 Å². The van der Waals surface area contributed by atoms with Crippen LogP contribution in [0.2, 0.25) is 0 Å². The summed E-state index contributed by atoms with van der Waals surface area (Å²) in [6.45, 7) is 8.00. The number of hydrogen-bond donors (Lipinski definition) is 0. The van der Waals surface area contributed by atoms with E-state index in [9.17, 15) is 8.42 Å². The molecule has 0 radical (unpaired) electrons. The maximum Gasteiger partial charge on any atom is 0.262 e. The van der Waals surface area contributed by atoms with Crippen molar-refractivity contribution < 1.29 is 13.2 Å². The van der Waals surface area contributed by atoms with E-state index in [1.54, 1.807) is 17.8 Å². The zero-order valence-corrected chi connectivity index (χ0v) is 14.3. The number of sulfonamides is 1. The van der Waals surface area contributed by atoms with E-state index < -0.39 is 10.0 Å². The molecule has 0 aliphatic carbocycles. The summed E-state index contributed by atoms with van der Waals surface area (Å²) in [6.07, 6.45) is 5.72. The molecule has 0 amide bonds. The van der Waals surface area contributed by atoms with Crippen molar-refractivity contribution in [2.45, 2.75) is 17.6 Å². The largest absolute Gasteiger partial charge is 0.375 e. The van der Waals surface area contributed by atoms with Gasteiger partial charge in [0.1, 0.15) is 0 Å². The lowest BCUT2D eigenvalue weighted by atomic mass is 9.94. The molecule has 23 heavy (non-hydrogen) atoms. The second-order valence-electron chi connectivity index (χ2n) is 6.25. The van der Waals surface area contributed by atoms with E-state index >= 15 is 0 Å². The maximum absolute atomic E-state index is 12.7. The minimum Gasteiger partial charge on any atom is -0.375 e. The molecule has 7 nitrogen and oxygen atoms in total. The van der Waals surface area contributed by atoms with Gasteiger partial charge in [0, 0.05) is 51.9 Å². The normalized spacial score (nSPS) is 27.3. The standard InChI is InChI=1S/C15H24N4O3S/c1-3-5-18-7-8-22-14-10-19(6-4-13(14)9-18)23(20,21)15-11-17(2)12-16-15/h3,11-14H,1,4-10H2,2H3/t13-,14-/m1/s1. The molecule has 0 saturated carbocycles. The van der Waals surface area contributed by atoms with Crippen LogP contribution in [0, 0.1) is 5.92 Å². The Hall–Kier alpha value is -1.22. The van der Waals surface area contributed by atoms with E-state index in [0.717, 1.165) is 26.1 Å². The molecule has 8 heteroatoms. The van der Waals surface area contributed by atoms with Gasteiger partial charge in [-0.15, -0.1) is 6.58 Å². The van der Waals surface area contributed by atoms with Crippen LogP contribution in [0.1, 0.15) is 6.42 Å². The Balaban J connectivity index is 1.71. The average Bonchev–Trinajstić information content (AvgIpc) is 2.86. The summed E-state index contributed by atoms with van der Waals surface area (Å²) in [5.74, 6) is 0.368. The molecule has 0 aromatic carbocycles. The molecular weight excluding hydrogens is 316 g/mol. The minimum atomic E-state index is -3.54. The van der Waals surface area contributed by atoms with Gasteiger partial charge in [0.2, 0.25) is 0 Å². The summed E-state index contributed by atoms with van der Waals surface area (Å²) in [6, 6.07) is 0. The van der Waals surface area contributed by atoms with Crippen molar-refractivity contribution in [1.29, 1.82) is 0 Å². The smallest absolute Gasteiger partial charge is 0.262 e. The Morgan fingerprint density at radius 1 is 1.43 bits per heavy atom. The Kier molecular flexibility index (Phi) is 4.86. The fraction of sp³-hybridized carbons (Fsp3) is 0.667. The van der Waals surface area contributed by atoms with Crippen LogP contribution < -0.4 is 0 Å². The second kappa shape index (κ2) is 6.72. The molecule has 0 spiro atoms. The van der Waals surface area contributed by atoms with Crippen LogP contribution >= 0.6 is 0 Å². The van der Waals surface area contributed by atoms with Crippen molar-refractivity contribution in [1.82, 2.24) is 18.8 Å². The minimum absolute atomic E-state index is 0.0444. The molecule has 3 rings (SSSR count). The Morgan fingerprint density at radius 2 is 2.26 bits per heavy atom. The predicted molar refractivity (Wildman–Crippen MR) is 86.5 cm³/mol. The number of piperidine rings is 1. The quantitative estimate of drug-likeness (QED) is 0.739. The molecule has 2 saturated heterocycles. The number of aryl methyl sites for hydroxylation is 1. The van der Waals surface area contributed by atoms with E-state index in [-0.39, 0.29) is 11.1 Å². The number of imidazole rings is 1. The molecule has 0 bridgehead atoms. The molecule has 0 unspecified atom stereocenters. The third kappa shape index (κ3) is 3.50. The summed E-state index contributed by atoms with van der Waals surface area (Å²) in [5.41, 5.74) is 0. The summed E-state index contributed by atoms with van der Waals surface area (Å²) in [5, 5.41) is 0.111. The third-order valence-corrected chi connectivity index (χ3v) is 6.31. The Morgan fingerprint density at radius 3 is 2.96 bits per heavy atom. The first-order valence-electron chi connectivity index (χ1n) is 7.93. The van der Waals surface area contributed by atoms with Gasteiger partial charge >= 0.3 is 0 Å². The molecule has 1 aromatic heterocycles. The summed E-state index contributed by atoms with van der Waals surface area (Å²) >= 11 is 0. The molecule has 0 N–H and O–H groups in total. The van der Waals surface area contributed by atoms with Gasteiger partial charge < -0.3 is 9.30 Å². The van der Waals surface area contributed by atoms with Gasteiger partial charge in [-0.25, -0.2) is 13.4 Å². The number of nitrogens with zero attached hydrogens (tertiary/aromatic N) is 4. The number of rotatable bonds is 4. The van der Waals surface area contributed by atoms with E-state index in [0.29, 0.717) is 25.6 Å². The number of hydrogen-bond acceptors (Lipinski definition) is 5. The average molecular weight is 340 g/mol. The first-order valence-corrected chi connectivity index (χ1v) is 9.37. The highest BCUT2D eigenvalue weighted by Crippen LogP contribution is 2.27. The van der Waals surface area contributed by atoms with Crippen LogP contribution in [0.15, 0.2) is 30.2 Å². The van der Waals surface area contributed by atoms with E-state index in [4.69, 9.17) is 4.74 Å². The van der Waals surface area contributed by atoms with Crippen LogP contribution in [-0.4, -0.2) is 72.6 Å². The van der Waals surface area contributed by atoms with Crippen LogP contribution in [-0.2, 0) is 21.8 Å². The lowest BCUT2D eigenvalue weighted by molar-refractivity contribution is -0.00193. The fourth-order valence-electron chi connectivity index (χ4n) is 3.31. The van der Waals surface area contributed by atoms with Crippen LogP contribution in [0.25, 0.3) is 0 Å². The second-order valence-corrected chi connectivity index (χ2v) is 8.13. The Labute approximate surface area is 137 Å². The molecule has 2 aliphatic rings. The van der Waals surface area contributed by atoms with Crippen LogP contribution in [0.4, 0.5) is 0 Å². The van der Waals surface area contributed by atoms with Crippen molar-refractivity contribution in [2.75, 3.05) is 39.3 Å². The zero-order valence-electron chi connectivity index (χ0n) is 13.5. The van der Waals surface area contributed by atoms with E-state index in [1.807, 2.05) is 6.08 Å². The summed E-state index contributed by atoms with van der Waals surface area (Å²) < 4.78 is 34.5. The van der Waals surface area contributed by atoms with Crippen molar-refractivity contribution >= 4 is 10.0 Å². The van der Waals surface area contributed by atoms with Crippen molar-refractivity contribution in [2.24, 2.45) is 13.0 Å². The summed E-state index contributed by atoms with van der Waals surface area (Å²) in [7, 11) is -1.77. The van der Waals surface area contributed by atoms with Gasteiger partial charge in [-0.1, -0.05) is 6.08 Å². The van der Waals surface area contributed by atoms with Gasteiger partial charge in [0.05, 0.1) is 19.0 Å². The van der Waals surface area contributed by atoms with Gasteiger partial charge in [-0.3, -0.25) is 4.90 Å². The van der Waals surface area contributed by atoms with E-state index in [2.05, 4.69) is 16.5 Å². The zero-order chi connectivity index (χ0) is 16.4. The van der Waals surface area contributed by atoms with Gasteiger partial charge in [0.15, 0.2) is 5.03 Å². The van der Waals surface area contributed by atoms with Gasteiger partial charge in [-0.2, -0.15) is 4.31 Å². The van der Waals surface area contributed by atoms with Crippen molar-refractivity contribution in [3.8, 4) is 0 Å². The van der Waals surface area contributed by atoms with Crippen molar-refractivity contribution in [3.05, 3.63) is 25.2 Å². The highest BCUT2D eigenvalue weighted by molar-refractivity contribution is 7.89. The van der Waals surface area contributed by atoms with Crippen LogP contribution in [0.5, 0.6) is 0 Å². The predicted octanol–water partition coefficient (Wildman–Crippen LogP) is 0.318. The molecule has 2 aliphatic heterocycles. The molecule has 2 fully saturated rings. The highest BCUT2D eigenvalue weighted by atomic mass is 32.2. The lowest BCUT2D eigenvalue weighted by Gasteiger charge is -2.36. The monoisotopic (exact) mass is 340 g/mol. The molecule has 1 aromatic rings. The molecule has 128 valence electrons. The maximum atomic E-state index is 12.7. The molecule has 2 atom stereocenters. The number of ether oxygens (including phenoxy) is 1. The first kappa shape index (κ1) is 16.6. The van der Waals surface area contributed by atoms with E-state index in [1.165, 1.54) is 10.6 Å². The number of aromatic nitrogens is 2. The third-order valence-electron chi connectivity index (χ3n) is 4.56. The Bertz CT molecular complexity index is 657. The molecular formula is C15H24N4O3S. The molecule has 3 heterocycles. The topological polar surface area (TPSA) is 67.7 Å². The van der Waals surface area contributed by atoms with Gasteiger partial charge in [0.25, 0.3) is 10.0 Å². The van der Waals surface area contributed by atoms with Crippen molar-refractivity contribution in [3.63, 3.8) is 0 Å². The number of fused-ring (bicyclic) bond motifs is 1. The SMILES string of the molecule is C=CCN1CCO[C@@H]2CN(S(=O)(=O)c3cn(C)cn3)CC[C@@H]2C1. The lowest BCUT2D eigenvalue weighted by Crippen LogP contribution is -2.49.